The molecule has 4 nitrogen and oxygen atoms in total. The summed E-state index contributed by atoms with van der Waals surface area (Å²) >= 11 is 0. The van der Waals surface area contributed by atoms with Gasteiger partial charge in [0.2, 0.25) is 0 Å². The average Bonchev–Trinajstić information content (AvgIpc) is 2.32. The van der Waals surface area contributed by atoms with E-state index in [4.69, 9.17) is 4.74 Å². The van der Waals surface area contributed by atoms with Gasteiger partial charge in [0, 0.05) is 6.54 Å². The Labute approximate surface area is 104 Å². The first kappa shape index (κ1) is 14.4. The maximum absolute atomic E-state index is 13.2. The lowest BCUT2D eigenvalue weighted by molar-refractivity contribution is -0.148. The van der Waals surface area contributed by atoms with Crippen molar-refractivity contribution in [3.8, 4) is 0 Å². The second-order valence-corrected chi connectivity index (χ2v) is 3.38. The Morgan fingerprint density at radius 1 is 1.33 bits per heavy atom. The second kappa shape index (κ2) is 7.60. The summed E-state index contributed by atoms with van der Waals surface area (Å²) in [6.45, 7) is 2.15. The summed E-state index contributed by atoms with van der Waals surface area (Å²) in [4.78, 5) is 10.9. The molecule has 18 heavy (non-hydrogen) atoms. The van der Waals surface area contributed by atoms with Crippen molar-refractivity contribution in [2.75, 3.05) is 31.7 Å². The normalized spacial score (nSPS) is 10.2. The molecule has 0 aromatic heterocycles. The number of nitrogens with one attached hydrogen (secondary N) is 1. The molecule has 0 saturated heterocycles. The molecule has 1 N–H and O–H groups in total. The molecule has 1 aromatic rings. The van der Waals surface area contributed by atoms with E-state index in [2.05, 4.69) is 10.1 Å². The van der Waals surface area contributed by atoms with Crippen LogP contribution in [0.15, 0.2) is 18.2 Å². The Morgan fingerprint density at radius 2 is 2.00 bits per heavy atom. The molecule has 0 unspecified atom stereocenters. The number of rotatable bonds is 7. The van der Waals surface area contributed by atoms with E-state index < -0.39 is 17.6 Å². The quantitative estimate of drug-likeness (QED) is 0.600. The molecule has 6 heteroatoms. The zero-order valence-corrected chi connectivity index (χ0v) is 10.0. The molecule has 0 fully saturated rings. The van der Waals surface area contributed by atoms with Crippen molar-refractivity contribution >= 4 is 11.7 Å². The fraction of sp³-hybridized carbons (Fsp3) is 0.417. The number of carbonyl (C=O) groups is 1. The van der Waals surface area contributed by atoms with Crippen LogP contribution in [-0.4, -0.2) is 32.3 Å². The molecule has 1 aromatic carbocycles. The Bertz CT molecular complexity index is 379. The monoisotopic (exact) mass is 259 g/mol. The van der Waals surface area contributed by atoms with E-state index in [0.717, 1.165) is 12.1 Å². The lowest BCUT2D eigenvalue weighted by Crippen LogP contribution is -2.17. The van der Waals surface area contributed by atoms with Gasteiger partial charge in [-0.15, -0.1) is 0 Å². The maximum Gasteiger partial charge on any atom is 0.332 e. The van der Waals surface area contributed by atoms with Gasteiger partial charge in [-0.3, -0.25) is 0 Å². The summed E-state index contributed by atoms with van der Waals surface area (Å²) in [6.07, 6.45) is 0. The van der Waals surface area contributed by atoms with Gasteiger partial charge in [0.25, 0.3) is 0 Å². The van der Waals surface area contributed by atoms with Crippen LogP contribution in [0.1, 0.15) is 6.92 Å². The van der Waals surface area contributed by atoms with Gasteiger partial charge in [-0.2, -0.15) is 0 Å². The smallest absolute Gasteiger partial charge is 0.332 e. The van der Waals surface area contributed by atoms with Gasteiger partial charge in [0.05, 0.1) is 13.2 Å². The van der Waals surface area contributed by atoms with E-state index in [1.165, 1.54) is 6.07 Å². The highest BCUT2D eigenvalue weighted by Gasteiger charge is 2.07. The molecule has 1 rings (SSSR count). The number of benzene rings is 1. The number of ether oxygens (including phenoxy) is 2. The zero-order valence-electron chi connectivity index (χ0n) is 10.0. The minimum Gasteiger partial charge on any atom is -0.464 e. The Balaban J connectivity index is 2.24. The van der Waals surface area contributed by atoms with Gasteiger partial charge in [0.15, 0.2) is 0 Å². The van der Waals surface area contributed by atoms with Crippen molar-refractivity contribution in [3.05, 3.63) is 29.8 Å². The molecule has 0 atom stereocenters. The molecular weight excluding hydrogens is 244 g/mol. The van der Waals surface area contributed by atoms with Crippen molar-refractivity contribution in [3.63, 3.8) is 0 Å². The molecule has 100 valence electrons. The van der Waals surface area contributed by atoms with Crippen molar-refractivity contribution in [1.29, 1.82) is 0 Å². The average molecular weight is 259 g/mol. The standard InChI is InChI=1S/C12H15F2NO3/c1-2-18-11(16)8-17-7-6-15-12-9(13)4-3-5-10(12)14/h3-5,15H,2,6-8H2,1H3. The predicted octanol–water partition coefficient (Wildman–Crippen LogP) is 1.96. The topological polar surface area (TPSA) is 47.6 Å². The van der Waals surface area contributed by atoms with Crippen LogP contribution in [0.4, 0.5) is 14.5 Å². The van der Waals surface area contributed by atoms with Gasteiger partial charge < -0.3 is 14.8 Å². The van der Waals surface area contributed by atoms with Crippen LogP contribution >= 0.6 is 0 Å². The number of hydrogen-bond acceptors (Lipinski definition) is 4. The molecule has 0 saturated carbocycles. The SMILES string of the molecule is CCOC(=O)COCCNc1c(F)cccc1F. The van der Waals surface area contributed by atoms with Crippen LogP contribution in [0.5, 0.6) is 0 Å². The summed E-state index contributed by atoms with van der Waals surface area (Å²) in [7, 11) is 0. The summed E-state index contributed by atoms with van der Waals surface area (Å²) in [5.74, 6) is -1.80. The number of anilines is 1. The molecule has 0 spiro atoms. The summed E-state index contributed by atoms with van der Waals surface area (Å²) in [5.41, 5.74) is -0.197. The number of esters is 1. The van der Waals surface area contributed by atoms with E-state index in [1.807, 2.05) is 0 Å². The Hall–Kier alpha value is -1.69. The summed E-state index contributed by atoms with van der Waals surface area (Å²) < 4.78 is 35.9. The molecular formula is C12H15F2NO3. The van der Waals surface area contributed by atoms with Crippen LogP contribution in [0.2, 0.25) is 0 Å². The van der Waals surface area contributed by atoms with Gasteiger partial charge in [-0.05, 0) is 19.1 Å². The van der Waals surface area contributed by atoms with E-state index in [0.29, 0.717) is 6.61 Å². The molecule has 0 heterocycles. The highest BCUT2D eigenvalue weighted by Crippen LogP contribution is 2.17. The lowest BCUT2D eigenvalue weighted by atomic mass is 10.3. The fourth-order valence-corrected chi connectivity index (χ4v) is 1.27. The van der Waals surface area contributed by atoms with E-state index >= 15 is 0 Å². The van der Waals surface area contributed by atoms with Gasteiger partial charge in [-0.1, -0.05) is 6.07 Å². The Morgan fingerprint density at radius 3 is 2.61 bits per heavy atom. The number of carbonyl (C=O) groups excluding carboxylic acids is 1. The van der Waals surface area contributed by atoms with Gasteiger partial charge in [-0.25, -0.2) is 13.6 Å². The summed E-state index contributed by atoms with van der Waals surface area (Å²) in [5, 5.41) is 2.56. The third-order valence-corrected chi connectivity index (χ3v) is 2.04. The number of para-hydroxylation sites is 1. The van der Waals surface area contributed by atoms with E-state index in [1.54, 1.807) is 6.92 Å². The molecule has 0 aliphatic carbocycles. The Kier molecular flexibility index (Phi) is 6.07. The van der Waals surface area contributed by atoms with Crippen LogP contribution in [0, 0.1) is 11.6 Å². The number of hydrogen-bond donors (Lipinski definition) is 1. The second-order valence-electron chi connectivity index (χ2n) is 3.38. The van der Waals surface area contributed by atoms with Crippen molar-refractivity contribution in [2.24, 2.45) is 0 Å². The first-order chi connectivity index (χ1) is 8.65. The van der Waals surface area contributed by atoms with Gasteiger partial charge in [0.1, 0.15) is 23.9 Å². The van der Waals surface area contributed by atoms with Crippen molar-refractivity contribution < 1.29 is 23.0 Å². The minimum atomic E-state index is -0.666. The fourth-order valence-electron chi connectivity index (χ4n) is 1.27. The van der Waals surface area contributed by atoms with E-state index in [-0.39, 0.29) is 25.4 Å². The van der Waals surface area contributed by atoms with Crippen molar-refractivity contribution in [2.45, 2.75) is 6.92 Å². The lowest BCUT2D eigenvalue weighted by Gasteiger charge is -2.08. The molecule has 0 aliphatic heterocycles. The highest BCUT2D eigenvalue weighted by molar-refractivity contribution is 5.70. The third kappa shape index (κ3) is 4.67. The largest absolute Gasteiger partial charge is 0.464 e. The highest BCUT2D eigenvalue weighted by atomic mass is 19.1. The first-order valence-electron chi connectivity index (χ1n) is 5.56. The van der Waals surface area contributed by atoms with Gasteiger partial charge >= 0.3 is 5.97 Å². The van der Waals surface area contributed by atoms with E-state index in [9.17, 15) is 13.6 Å². The summed E-state index contributed by atoms with van der Waals surface area (Å²) in [6, 6.07) is 3.60. The maximum atomic E-state index is 13.2. The van der Waals surface area contributed by atoms with Crippen LogP contribution in [0.3, 0.4) is 0 Å². The van der Waals surface area contributed by atoms with Crippen LogP contribution in [-0.2, 0) is 14.3 Å². The molecule has 0 aliphatic rings. The van der Waals surface area contributed by atoms with Crippen molar-refractivity contribution in [1.82, 2.24) is 0 Å². The first-order valence-corrected chi connectivity index (χ1v) is 5.56. The minimum absolute atomic E-state index is 0.145. The van der Waals surface area contributed by atoms with Crippen LogP contribution in [0.25, 0.3) is 0 Å². The predicted molar refractivity (Wildman–Crippen MR) is 62.3 cm³/mol. The molecule has 0 bridgehead atoms. The van der Waals surface area contributed by atoms with Crippen LogP contribution < -0.4 is 5.32 Å². The third-order valence-electron chi connectivity index (χ3n) is 2.04. The molecule has 0 radical (unpaired) electrons. The number of halogens is 2. The molecule has 0 amide bonds. The zero-order chi connectivity index (χ0) is 13.4.